The monoisotopic (exact) mass is 427 g/mol. The number of nitrogens with one attached hydrogen (secondary N) is 1. The first-order valence-corrected chi connectivity index (χ1v) is 8.21. The average molecular weight is 427 g/mol. The predicted octanol–water partition coefficient (Wildman–Crippen LogP) is 4.93. The Balaban J connectivity index is 2.10. The van der Waals surface area contributed by atoms with Crippen LogP contribution in [0.25, 0.3) is 28.0 Å². The summed E-state index contributed by atoms with van der Waals surface area (Å²) < 4.78 is 95.7. The topological polar surface area (TPSA) is 50.2 Å². The zero-order chi connectivity index (χ0) is 21.8. The Kier molecular flexibility index (Phi) is 4.40. The zero-order valence-electron chi connectivity index (χ0n) is 14.5. The standard InChI is InChI=1S/C19H8F7N3O/c20-10-6-9(14(21)16(23)15(10)22)11-7-12(30)29-18(27-11)13(8-4-2-1-3-5-8)17(28-29)19(24,25)26/h1-7,28H. The van der Waals surface area contributed by atoms with E-state index in [1.807, 2.05) is 5.10 Å². The van der Waals surface area contributed by atoms with Gasteiger partial charge in [0.05, 0.1) is 11.3 Å². The molecule has 0 atom stereocenters. The molecule has 0 unspecified atom stereocenters. The molecule has 4 aromatic rings. The first-order chi connectivity index (χ1) is 14.1. The van der Waals surface area contributed by atoms with Gasteiger partial charge in [0.25, 0.3) is 5.56 Å². The van der Waals surface area contributed by atoms with E-state index >= 15 is 0 Å². The van der Waals surface area contributed by atoms with E-state index in [1.165, 1.54) is 24.3 Å². The summed E-state index contributed by atoms with van der Waals surface area (Å²) >= 11 is 0. The third-order valence-electron chi connectivity index (χ3n) is 4.34. The van der Waals surface area contributed by atoms with Gasteiger partial charge < -0.3 is 0 Å². The van der Waals surface area contributed by atoms with E-state index < -0.39 is 63.2 Å². The smallest absolute Gasteiger partial charge is 0.284 e. The van der Waals surface area contributed by atoms with Crippen LogP contribution in [0.15, 0.2) is 47.3 Å². The summed E-state index contributed by atoms with van der Waals surface area (Å²) in [5, 5.41) is 1.91. The number of hydrogen-bond acceptors (Lipinski definition) is 2. The quantitative estimate of drug-likeness (QED) is 0.280. The minimum absolute atomic E-state index is 0.0320. The Hall–Kier alpha value is -3.63. The molecule has 0 fully saturated rings. The Bertz CT molecular complexity index is 1340. The van der Waals surface area contributed by atoms with Crippen LogP contribution in [-0.4, -0.2) is 14.6 Å². The van der Waals surface area contributed by atoms with Crippen molar-refractivity contribution in [3.63, 3.8) is 0 Å². The van der Waals surface area contributed by atoms with Gasteiger partial charge >= 0.3 is 6.18 Å². The second-order valence-corrected chi connectivity index (χ2v) is 6.21. The van der Waals surface area contributed by atoms with Crippen LogP contribution in [-0.2, 0) is 6.18 Å². The van der Waals surface area contributed by atoms with Gasteiger partial charge in [-0.2, -0.15) is 13.2 Å². The van der Waals surface area contributed by atoms with Crippen LogP contribution in [0.4, 0.5) is 30.7 Å². The molecule has 0 spiro atoms. The summed E-state index contributed by atoms with van der Waals surface area (Å²) in [4.78, 5) is 16.2. The fourth-order valence-corrected chi connectivity index (χ4v) is 3.02. The number of halogens is 7. The highest BCUT2D eigenvalue weighted by Gasteiger charge is 2.38. The maximum atomic E-state index is 14.2. The molecule has 0 aliphatic rings. The lowest BCUT2D eigenvalue weighted by Gasteiger charge is -2.08. The van der Waals surface area contributed by atoms with E-state index in [0.717, 1.165) is 0 Å². The number of H-pyrrole nitrogens is 1. The van der Waals surface area contributed by atoms with Crippen LogP contribution < -0.4 is 5.56 Å². The van der Waals surface area contributed by atoms with Gasteiger partial charge in [0.15, 0.2) is 28.9 Å². The lowest BCUT2D eigenvalue weighted by molar-refractivity contribution is -0.140. The molecule has 1 N–H and O–H groups in total. The van der Waals surface area contributed by atoms with E-state index in [1.54, 1.807) is 6.07 Å². The predicted molar refractivity (Wildman–Crippen MR) is 91.5 cm³/mol. The van der Waals surface area contributed by atoms with Crippen LogP contribution in [0.3, 0.4) is 0 Å². The van der Waals surface area contributed by atoms with Crippen LogP contribution in [0.5, 0.6) is 0 Å². The van der Waals surface area contributed by atoms with E-state index in [9.17, 15) is 35.5 Å². The summed E-state index contributed by atoms with van der Waals surface area (Å²) in [6.45, 7) is 0. The maximum Gasteiger partial charge on any atom is 0.433 e. The lowest BCUT2D eigenvalue weighted by atomic mass is 10.1. The summed E-state index contributed by atoms with van der Waals surface area (Å²) in [6.07, 6.45) is -4.91. The van der Waals surface area contributed by atoms with E-state index in [4.69, 9.17) is 0 Å². The molecule has 11 heteroatoms. The van der Waals surface area contributed by atoms with Crippen molar-refractivity contribution in [3.8, 4) is 22.4 Å². The molecule has 0 aliphatic heterocycles. The molecule has 4 rings (SSSR count). The van der Waals surface area contributed by atoms with Gasteiger partial charge in [-0.25, -0.2) is 27.1 Å². The van der Waals surface area contributed by atoms with Crippen molar-refractivity contribution in [2.45, 2.75) is 6.18 Å². The highest BCUT2D eigenvalue weighted by atomic mass is 19.4. The third kappa shape index (κ3) is 3.02. The number of rotatable bonds is 2. The lowest BCUT2D eigenvalue weighted by Crippen LogP contribution is -2.16. The number of benzene rings is 2. The molecule has 2 aromatic carbocycles. The van der Waals surface area contributed by atoms with Crippen molar-refractivity contribution in [2.75, 3.05) is 0 Å². The third-order valence-corrected chi connectivity index (χ3v) is 4.34. The number of nitrogens with zero attached hydrogens (tertiary/aromatic N) is 2. The van der Waals surface area contributed by atoms with Crippen molar-refractivity contribution >= 4 is 5.65 Å². The summed E-state index contributed by atoms with van der Waals surface area (Å²) in [7, 11) is 0. The van der Waals surface area contributed by atoms with Crippen LogP contribution in [0.1, 0.15) is 5.69 Å². The Morgan fingerprint density at radius 1 is 0.900 bits per heavy atom. The molecule has 154 valence electrons. The number of alkyl halides is 3. The average Bonchev–Trinajstić information content (AvgIpc) is 3.10. The van der Waals surface area contributed by atoms with Crippen LogP contribution in [0, 0.1) is 23.3 Å². The number of aromatic amines is 1. The van der Waals surface area contributed by atoms with Gasteiger partial charge in [-0.05, 0) is 11.6 Å². The largest absolute Gasteiger partial charge is 0.433 e. The zero-order valence-corrected chi connectivity index (χ0v) is 14.5. The highest BCUT2D eigenvalue weighted by Crippen LogP contribution is 2.38. The second kappa shape index (κ2) is 6.71. The van der Waals surface area contributed by atoms with Gasteiger partial charge in [0.2, 0.25) is 0 Å². The van der Waals surface area contributed by atoms with Gasteiger partial charge in [-0.3, -0.25) is 9.89 Å². The highest BCUT2D eigenvalue weighted by molar-refractivity contribution is 5.81. The van der Waals surface area contributed by atoms with Gasteiger partial charge in [-0.1, -0.05) is 30.3 Å². The molecule has 4 nitrogen and oxygen atoms in total. The Morgan fingerprint density at radius 3 is 2.20 bits per heavy atom. The molecule has 2 aromatic heterocycles. The fraction of sp³-hybridized carbons (Fsp3) is 0.0526. The van der Waals surface area contributed by atoms with Crippen molar-refractivity contribution in [3.05, 3.63) is 81.8 Å². The summed E-state index contributed by atoms with van der Waals surface area (Å²) in [5.41, 5.74) is -5.03. The molecular weight excluding hydrogens is 419 g/mol. The van der Waals surface area contributed by atoms with Crippen molar-refractivity contribution in [1.29, 1.82) is 0 Å². The first kappa shape index (κ1) is 19.7. The van der Waals surface area contributed by atoms with E-state index in [2.05, 4.69) is 4.98 Å². The SMILES string of the molecule is O=c1cc(-c2cc(F)c(F)c(F)c2F)nc2c(-c3ccccc3)c(C(F)(F)F)[nH]n12. The molecular formula is C19H8F7N3O. The maximum absolute atomic E-state index is 14.2. The minimum Gasteiger partial charge on any atom is -0.284 e. The van der Waals surface area contributed by atoms with Gasteiger partial charge in [0.1, 0.15) is 5.69 Å². The van der Waals surface area contributed by atoms with Crippen LogP contribution in [0.2, 0.25) is 0 Å². The second-order valence-electron chi connectivity index (χ2n) is 6.21. The number of aromatic nitrogens is 3. The first-order valence-electron chi connectivity index (χ1n) is 8.21. The van der Waals surface area contributed by atoms with Crippen molar-refractivity contribution in [2.24, 2.45) is 0 Å². The molecule has 0 saturated carbocycles. The summed E-state index contributed by atoms with van der Waals surface area (Å²) in [5.74, 6) is -7.79. The molecule has 0 bridgehead atoms. The number of hydrogen-bond donors (Lipinski definition) is 1. The summed E-state index contributed by atoms with van der Waals surface area (Å²) in [6, 6.07) is 7.95. The minimum atomic E-state index is -4.91. The molecule has 2 heterocycles. The van der Waals surface area contributed by atoms with Crippen molar-refractivity contribution in [1.82, 2.24) is 14.6 Å². The molecule has 30 heavy (non-hydrogen) atoms. The van der Waals surface area contributed by atoms with Crippen molar-refractivity contribution < 1.29 is 30.7 Å². The van der Waals surface area contributed by atoms with E-state index in [-0.39, 0.29) is 11.6 Å². The molecule has 0 amide bonds. The molecule has 0 aliphatic carbocycles. The normalized spacial score (nSPS) is 12.0. The Morgan fingerprint density at radius 2 is 1.57 bits per heavy atom. The van der Waals surface area contributed by atoms with Gasteiger partial charge in [0, 0.05) is 11.6 Å². The Labute approximate surface area is 162 Å². The van der Waals surface area contributed by atoms with E-state index in [0.29, 0.717) is 10.6 Å². The fourth-order valence-electron chi connectivity index (χ4n) is 3.02. The van der Waals surface area contributed by atoms with Gasteiger partial charge in [-0.15, -0.1) is 0 Å². The molecule has 0 radical (unpaired) electrons. The van der Waals surface area contributed by atoms with Crippen LogP contribution >= 0.6 is 0 Å². The number of fused-ring (bicyclic) bond motifs is 1. The molecule has 0 saturated heterocycles.